The molecule has 0 spiro atoms. The van der Waals surface area contributed by atoms with Crippen molar-refractivity contribution in [1.82, 2.24) is 15.5 Å². The monoisotopic (exact) mass is 572 g/mol. The average molecular weight is 573 g/mol. The quantitative estimate of drug-likeness (QED) is 0.343. The van der Waals surface area contributed by atoms with Crippen molar-refractivity contribution >= 4 is 29.6 Å². The molecule has 5 rings (SSSR count). The third kappa shape index (κ3) is 6.41. The van der Waals surface area contributed by atoms with E-state index in [0.717, 1.165) is 83.5 Å². The van der Waals surface area contributed by atoms with Crippen LogP contribution in [0, 0.1) is 29.1 Å². The van der Waals surface area contributed by atoms with E-state index in [1.54, 1.807) is 4.90 Å². The van der Waals surface area contributed by atoms with Gasteiger partial charge in [0.25, 0.3) is 5.91 Å². The lowest BCUT2D eigenvalue weighted by atomic mass is 9.80. The first kappa shape index (κ1) is 29.8. The summed E-state index contributed by atoms with van der Waals surface area (Å²) >= 11 is 0. The van der Waals surface area contributed by atoms with E-state index in [1.165, 1.54) is 0 Å². The molecule has 0 bridgehead atoms. The Labute approximate surface area is 243 Å². The number of hydrogen-bond acceptors (Lipinski definition) is 6. The van der Waals surface area contributed by atoms with Crippen molar-refractivity contribution in [3.63, 3.8) is 0 Å². The second kappa shape index (κ2) is 12.3. The summed E-state index contributed by atoms with van der Waals surface area (Å²) in [4.78, 5) is 67.3. The van der Waals surface area contributed by atoms with Crippen LogP contribution >= 0.6 is 0 Å². The van der Waals surface area contributed by atoms with E-state index < -0.39 is 41.8 Å². The molecule has 4 saturated carbocycles. The highest BCUT2D eigenvalue weighted by molar-refractivity contribution is 6.37. The van der Waals surface area contributed by atoms with Gasteiger partial charge in [0.05, 0.1) is 6.04 Å². The number of ether oxygens (including phenoxy) is 1. The summed E-state index contributed by atoms with van der Waals surface area (Å²) in [5.41, 5.74) is 5.21. The minimum Gasteiger partial charge on any atom is -0.446 e. The minimum atomic E-state index is -1.06. The second-order valence-corrected chi connectivity index (χ2v) is 13.9. The van der Waals surface area contributed by atoms with Gasteiger partial charge in [-0.15, -0.1) is 0 Å². The van der Waals surface area contributed by atoms with Crippen LogP contribution in [0.25, 0.3) is 0 Å². The SMILES string of the molecule is CC1(C)[C@@H]2[C@@H](C(=O)NC(CC3CCC3)C(=O)C(N)=O)N(C(=O)[C@@H](NC(=O)OC3CCCCC3)C3CCCCC3)C[C@@H]21. The predicted octanol–water partition coefficient (Wildman–Crippen LogP) is 3.21. The number of amides is 4. The molecule has 0 aromatic carbocycles. The first-order valence-corrected chi connectivity index (χ1v) is 16.0. The summed E-state index contributed by atoms with van der Waals surface area (Å²) in [5, 5.41) is 5.77. The van der Waals surface area contributed by atoms with Crippen LogP contribution in [0.1, 0.15) is 104 Å². The number of likely N-dealkylation sites (tertiary alicyclic amines) is 1. The highest BCUT2D eigenvalue weighted by atomic mass is 16.6. The molecule has 0 radical (unpaired) electrons. The zero-order valence-electron chi connectivity index (χ0n) is 24.7. The molecule has 10 heteroatoms. The van der Waals surface area contributed by atoms with Crippen LogP contribution in [0.5, 0.6) is 0 Å². The highest BCUT2D eigenvalue weighted by Gasteiger charge is 2.69. The Hall–Kier alpha value is -2.65. The number of primary amides is 1. The number of ketones is 1. The van der Waals surface area contributed by atoms with Crippen LogP contribution in [0.15, 0.2) is 0 Å². The Morgan fingerprint density at radius 3 is 2.10 bits per heavy atom. The molecule has 4 aliphatic carbocycles. The summed E-state index contributed by atoms with van der Waals surface area (Å²) < 4.78 is 5.74. The topological polar surface area (TPSA) is 148 Å². The highest BCUT2D eigenvalue weighted by Crippen LogP contribution is 2.65. The van der Waals surface area contributed by atoms with E-state index in [9.17, 15) is 24.0 Å². The number of piperidine rings is 1. The molecule has 5 aliphatic rings. The van der Waals surface area contributed by atoms with Gasteiger partial charge in [-0.1, -0.05) is 58.8 Å². The maximum absolute atomic E-state index is 14.3. The van der Waals surface area contributed by atoms with Crippen molar-refractivity contribution in [3.05, 3.63) is 0 Å². The molecular formula is C31H48N4O6. The third-order valence-electron chi connectivity index (χ3n) is 10.9. The molecule has 228 valence electrons. The van der Waals surface area contributed by atoms with Crippen LogP contribution in [0.2, 0.25) is 0 Å². The number of carbonyl (C=O) groups is 5. The molecule has 4 N–H and O–H groups in total. The first-order chi connectivity index (χ1) is 19.6. The molecule has 5 fully saturated rings. The Morgan fingerprint density at radius 1 is 0.878 bits per heavy atom. The Bertz CT molecular complexity index is 1030. The van der Waals surface area contributed by atoms with E-state index in [4.69, 9.17) is 10.5 Å². The van der Waals surface area contributed by atoms with Crippen LogP contribution in [-0.4, -0.2) is 65.3 Å². The lowest BCUT2D eigenvalue weighted by Crippen LogP contribution is -2.59. The van der Waals surface area contributed by atoms with Crippen molar-refractivity contribution in [2.75, 3.05) is 6.54 Å². The van der Waals surface area contributed by atoms with Crippen LogP contribution in [0.4, 0.5) is 4.79 Å². The van der Waals surface area contributed by atoms with Crippen molar-refractivity contribution in [2.24, 2.45) is 34.8 Å². The van der Waals surface area contributed by atoms with E-state index in [2.05, 4.69) is 24.5 Å². The molecule has 5 atom stereocenters. The third-order valence-corrected chi connectivity index (χ3v) is 10.9. The van der Waals surface area contributed by atoms with Gasteiger partial charge in [0, 0.05) is 6.54 Å². The van der Waals surface area contributed by atoms with Gasteiger partial charge < -0.3 is 26.0 Å². The summed E-state index contributed by atoms with van der Waals surface area (Å²) in [6, 6.07) is -2.52. The maximum atomic E-state index is 14.3. The molecule has 1 saturated heterocycles. The molecular weight excluding hydrogens is 524 g/mol. The van der Waals surface area contributed by atoms with Gasteiger partial charge in [-0.2, -0.15) is 0 Å². The van der Waals surface area contributed by atoms with E-state index in [-0.39, 0.29) is 41.1 Å². The van der Waals surface area contributed by atoms with Gasteiger partial charge in [0.15, 0.2) is 0 Å². The molecule has 0 aromatic rings. The van der Waals surface area contributed by atoms with Gasteiger partial charge in [0.2, 0.25) is 17.6 Å². The summed E-state index contributed by atoms with van der Waals surface area (Å²) in [5.74, 6) is -2.17. The summed E-state index contributed by atoms with van der Waals surface area (Å²) in [7, 11) is 0. The minimum absolute atomic E-state index is 0.0217. The number of fused-ring (bicyclic) bond motifs is 1. The molecule has 4 amide bonds. The molecule has 1 unspecified atom stereocenters. The fourth-order valence-corrected chi connectivity index (χ4v) is 8.06. The number of alkyl carbamates (subject to hydrolysis) is 1. The van der Waals surface area contributed by atoms with E-state index >= 15 is 0 Å². The number of nitrogens with two attached hydrogens (primary N) is 1. The second-order valence-electron chi connectivity index (χ2n) is 13.9. The number of Topliss-reactive ketones (excluding diaryl/α,β-unsaturated/α-hetero) is 1. The average Bonchev–Trinajstić information content (AvgIpc) is 3.25. The molecule has 1 heterocycles. The standard InChI is InChI=1S/C31H48N4O6/c1-31(2)21-17-35(25(23(21)31)28(38)33-22(26(36)27(32)37)16-18-10-9-11-18)29(39)24(19-12-5-3-6-13-19)34-30(40)41-20-14-7-4-8-15-20/h18-25H,3-17H2,1-2H3,(H2,32,37)(H,33,38)(H,34,40)/t21-,22?,23-,24-,25-/m0/s1. The molecule has 1 aliphatic heterocycles. The fraction of sp³-hybridized carbons (Fsp3) is 0.839. The van der Waals surface area contributed by atoms with Crippen molar-refractivity contribution < 1.29 is 28.7 Å². The van der Waals surface area contributed by atoms with Crippen molar-refractivity contribution in [1.29, 1.82) is 0 Å². The number of carbonyl (C=O) groups excluding carboxylic acids is 5. The van der Waals surface area contributed by atoms with E-state index in [1.807, 2.05) is 0 Å². The van der Waals surface area contributed by atoms with Crippen molar-refractivity contribution in [2.45, 2.75) is 128 Å². The first-order valence-electron chi connectivity index (χ1n) is 16.0. The van der Waals surface area contributed by atoms with Gasteiger partial charge in [-0.05, 0) is 74.0 Å². The molecule has 10 nitrogen and oxygen atoms in total. The predicted molar refractivity (Wildman–Crippen MR) is 151 cm³/mol. The number of rotatable bonds is 10. The maximum Gasteiger partial charge on any atom is 0.408 e. The van der Waals surface area contributed by atoms with Crippen LogP contribution in [0.3, 0.4) is 0 Å². The molecule has 41 heavy (non-hydrogen) atoms. The lowest BCUT2D eigenvalue weighted by molar-refractivity contribution is -0.144. The van der Waals surface area contributed by atoms with E-state index in [0.29, 0.717) is 13.0 Å². The number of nitrogens with zero attached hydrogens (tertiary/aromatic N) is 1. The van der Waals surface area contributed by atoms with Gasteiger partial charge in [-0.25, -0.2) is 4.79 Å². The van der Waals surface area contributed by atoms with Crippen LogP contribution < -0.4 is 16.4 Å². The van der Waals surface area contributed by atoms with Crippen LogP contribution in [-0.2, 0) is 23.9 Å². The zero-order valence-corrected chi connectivity index (χ0v) is 24.7. The Kier molecular flexibility index (Phi) is 8.95. The van der Waals surface area contributed by atoms with Crippen molar-refractivity contribution in [3.8, 4) is 0 Å². The van der Waals surface area contributed by atoms with Gasteiger partial charge >= 0.3 is 6.09 Å². The zero-order chi connectivity index (χ0) is 29.3. The van der Waals surface area contributed by atoms with Gasteiger partial charge in [-0.3, -0.25) is 19.2 Å². The smallest absolute Gasteiger partial charge is 0.408 e. The summed E-state index contributed by atoms with van der Waals surface area (Å²) in [6.07, 6.45) is 12.3. The lowest BCUT2D eigenvalue weighted by Gasteiger charge is -2.37. The molecule has 0 aromatic heterocycles. The normalized spacial score (nSPS) is 29.4. The largest absolute Gasteiger partial charge is 0.446 e. The summed E-state index contributed by atoms with van der Waals surface area (Å²) in [6.45, 7) is 4.63. The number of hydrogen-bond donors (Lipinski definition) is 3. The van der Waals surface area contributed by atoms with Gasteiger partial charge in [0.1, 0.15) is 18.2 Å². The Morgan fingerprint density at radius 2 is 1.51 bits per heavy atom. The number of nitrogens with one attached hydrogen (secondary N) is 2. The Balaban J connectivity index is 1.33. The fourth-order valence-electron chi connectivity index (χ4n) is 8.06.